The van der Waals surface area contributed by atoms with Crippen molar-refractivity contribution in [2.24, 2.45) is 0 Å². The summed E-state index contributed by atoms with van der Waals surface area (Å²) in [6.45, 7) is 3.95. The molecule has 2 rings (SSSR count). The first-order valence-corrected chi connectivity index (χ1v) is 5.11. The van der Waals surface area contributed by atoms with Crippen LogP contribution in [-0.2, 0) is 6.54 Å². The summed E-state index contributed by atoms with van der Waals surface area (Å²) in [6, 6.07) is 3.47. The van der Waals surface area contributed by atoms with Crippen LogP contribution in [0.15, 0.2) is 12.1 Å². The van der Waals surface area contributed by atoms with Crippen LogP contribution in [0, 0.1) is 13.8 Å². The fourth-order valence-corrected chi connectivity index (χ4v) is 1.48. The number of tetrazole rings is 1. The summed E-state index contributed by atoms with van der Waals surface area (Å²) in [7, 11) is 0. The molecule has 2 heterocycles. The summed E-state index contributed by atoms with van der Waals surface area (Å²) in [5, 5.41) is 15.9. The number of carbonyl (C=O) groups is 1. The smallest absolute Gasteiger partial charge is 0.251 e. The molecule has 0 aliphatic rings. The zero-order valence-corrected chi connectivity index (χ0v) is 9.56. The molecule has 2 aromatic rings. The van der Waals surface area contributed by atoms with Crippen LogP contribution in [0.3, 0.4) is 0 Å². The van der Waals surface area contributed by atoms with Crippen LogP contribution in [0.5, 0.6) is 0 Å². The first kappa shape index (κ1) is 11.2. The second kappa shape index (κ2) is 4.69. The predicted octanol–water partition coefficient (Wildman–Crippen LogP) is 0.142. The molecule has 0 radical (unpaired) electrons. The molecule has 2 aromatic heterocycles. The van der Waals surface area contributed by atoms with Gasteiger partial charge in [-0.25, -0.2) is 0 Å². The van der Waals surface area contributed by atoms with Gasteiger partial charge in [0, 0.05) is 17.0 Å². The highest BCUT2D eigenvalue weighted by atomic mass is 16.1. The summed E-state index contributed by atoms with van der Waals surface area (Å²) in [5.74, 6) is 0.268. The van der Waals surface area contributed by atoms with Crippen molar-refractivity contribution in [3.05, 3.63) is 34.9 Å². The molecule has 2 N–H and O–H groups in total. The number of carbonyl (C=O) groups excluding carboxylic acids is 1. The summed E-state index contributed by atoms with van der Waals surface area (Å²) in [6.07, 6.45) is 0. The Bertz CT molecular complexity index is 501. The van der Waals surface area contributed by atoms with Gasteiger partial charge in [0.25, 0.3) is 5.91 Å². The largest absolute Gasteiger partial charge is 0.345 e. The molecule has 7 heteroatoms. The van der Waals surface area contributed by atoms with Gasteiger partial charge in [-0.1, -0.05) is 5.21 Å². The van der Waals surface area contributed by atoms with E-state index in [0.717, 1.165) is 11.4 Å². The monoisotopic (exact) mass is 232 g/mol. The average molecular weight is 232 g/mol. The Hall–Kier alpha value is -2.31. The lowest BCUT2D eigenvalue weighted by atomic mass is 10.2. The molecule has 88 valence electrons. The molecule has 0 unspecified atom stereocenters. The van der Waals surface area contributed by atoms with Crippen molar-refractivity contribution >= 4 is 5.91 Å². The Balaban J connectivity index is 2.04. The third kappa shape index (κ3) is 2.83. The van der Waals surface area contributed by atoms with E-state index < -0.39 is 0 Å². The normalized spacial score (nSPS) is 10.2. The van der Waals surface area contributed by atoms with Crippen molar-refractivity contribution in [1.82, 2.24) is 30.9 Å². The van der Waals surface area contributed by atoms with E-state index in [1.54, 1.807) is 12.1 Å². The molecule has 0 saturated carbocycles. The molecule has 0 aliphatic heterocycles. The summed E-state index contributed by atoms with van der Waals surface area (Å²) in [4.78, 5) is 16.0. The van der Waals surface area contributed by atoms with Crippen molar-refractivity contribution in [1.29, 1.82) is 0 Å². The number of H-pyrrole nitrogens is 1. The Morgan fingerprint density at radius 2 is 2.06 bits per heavy atom. The van der Waals surface area contributed by atoms with Crippen LogP contribution >= 0.6 is 0 Å². The van der Waals surface area contributed by atoms with E-state index in [2.05, 4.69) is 30.9 Å². The number of aromatic amines is 1. The number of aryl methyl sites for hydroxylation is 2. The van der Waals surface area contributed by atoms with Crippen LogP contribution in [0.4, 0.5) is 0 Å². The topological polar surface area (TPSA) is 96.5 Å². The van der Waals surface area contributed by atoms with Crippen molar-refractivity contribution in [3.63, 3.8) is 0 Å². The number of pyridine rings is 1. The SMILES string of the molecule is Cc1cc(C(=O)NCc2nn[nH]n2)cc(C)n1. The van der Waals surface area contributed by atoms with Crippen molar-refractivity contribution in [2.75, 3.05) is 0 Å². The maximum absolute atomic E-state index is 11.8. The molecule has 0 aromatic carbocycles. The number of hydrogen-bond acceptors (Lipinski definition) is 5. The number of amides is 1. The highest BCUT2D eigenvalue weighted by Crippen LogP contribution is 2.04. The highest BCUT2D eigenvalue weighted by molar-refractivity contribution is 5.94. The summed E-state index contributed by atoms with van der Waals surface area (Å²) in [5.41, 5.74) is 2.21. The van der Waals surface area contributed by atoms with Crippen molar-refractivity contribution < 1.29 is 4.79 Å². The molecule has 0 aliphatic carbocycles. The predicted molar refractivity (Wildman–Crippen MR) is 59.1 cm³/mol. The third-order valence-corrected chi connectivity index (χ3v) is 2.14. The number of nitrogens with zero attached hydrogens (tertiary/aromatic N) is 4. The van der Waals surface area contributed by atoms with Gasteiger partial charge in [-0.2, -0.15) is 5.21 Å². The molecule has 0 atom stereocenters. The Labute approximate surface area is 97.7 Å². The first-order chi connectivity index (χ1) is 8.15. The molecule has 17 heavy (non-hydrogen) atoms. The summed E-state index contributed by atoms with van der Waals surface area (Å²) >= 11 is 0. The Kier molecular flexibility index (Phi) is 3.08. The van der Waals surface area contributed by atoms with Gasteiger partial charge < -0.3 is 5.32 Å². The average Bonchev–Trinajstić information content (AvgIpc) is 2.77. The Morgan fingerprint density at radius 3 is 2.65 bits per heavy atom. The lowest BCUT2D eigenvalue weighted by molar-refractivity contribution is 0.0949. The van der Waals surface area contributed by atoms with Gasteiger partial charge in [0.2, 0.25) is 0 Å². The first-order valence-electron chi connectivity index (χ1n) is 5.11. The maximum Gasteiger partial charge on any atom is 0.251 e. The van der Waals surface area contributed by atoms with Gasteiger partial charge in [-0.15, -0.1) is 10.2 Å². The molecular formula is C10H12N6O. The van der Waals surface area contributed by atoms with Gasteiger partial charge in [-0.3, -0.25) is 9.78 Å². The maximum atomic E-state index is 11.8. The number of rotatable bonds is 3. The highest BCUT2D eigenvalue weighted by Gasteiger charge is 2.08. The van der Waals surface area contributed by atoms with Gasteiger partial charge in [-0.05, 0) is 26.0 Å². The van der Waals surface area contributed by atoms with E-state index in [1.165, 1.54) is 0 Å². The second-order valence-corrected chi connectivity index (χ2v) is 3.65. The van der Waals surface area contributed by atoms with E-state index in [0.29, 0.717) is 11.4 Å². The van der Waals surface area contributed by atoms with Gasteiger partial charge in [0.1, 0.15) is 0 Å². The summed E-state index contributed by atoms with van der Waals surface area (Å²) < 4.78 is 0. The van der Waals surface area contributed by atoms with Crippen LogP contribution in [0.1, 0.15) is 27.6 Å². The van der Waals surface area contributed by atoms with Crippen molar-refractivity contribution in [3.8, 4) is 0 Å². The van der Waals surface area contributed by atoms with Crippen LogP contribution < -0.4 is 5.32 Å². The second-order valence-electron chi connectivity index (χ2n) is 3.65. The minimum absolute atomic E-state index is 0.177. The van der Waals surface area contributed by atoms with E-state index in [-0.39, 0.29) is 12.5 Å². The zero-order valence-electron chi connectivity index (χ0n) is 9.56. The standard InChI is InChI=1S/C10H12N6O/c1-6-3-8(4-7(2)12-6)10(17)11-5-9-13-15-16-14-9/h3-4H,5H2,1-2H3,(H,11,17)(H,13,14,15,16). The lowest BCUT2D eigenvalue weighted by Crippen LogP contribution is -2.23. The van der Waals surface area contributed by atoms with Crippen LogP contribution in [0.25, 0.3) is 0 Å². The minimum atomic E-state index is -0.177. The quantitative estimate of drug-likeness (QED) is 0.784. The molecule has 0 bridgehead atoms. The molecule has 0 saturated heterocycles. The van der Waals surface area contributed by atoms with E-state index in [9.17, 15) is 4.79 Å². The van der Waals surface area contributed by atoms with Crippen LogP contribution in [0.2, 0.25) is 0 Å². The van der Waals surface area contributed by atoms with E-state index in [4.69, 9.17) is 0 Å². The van der Waals surface area contributed by atoms with Gasteiger partial charge in [0.05, 0.1) is 6.54 Å². The third-order valence-electron chi connectivity index (χ3n) is 2.14. The number of hydrogen-bond donors (Lipinski definition) is 2. The van der Waals surface area contributed by atoms with Crippen LogP contribution in [-0.4, -0.2) is 31.5 Å². The lowest BCUT2D eigenvalue weighted by Gasteiger charge is -2.04. The minimum Gasteiger partial charge on any atom is -0.345 e. The number of aromatic nitrogens is 5. The molecule has 1 amide bonds. The Morgan fingerprint density at radius 1 is 1.35 bits per heavy atom. The van der Waals surface area contributed by atoms with Gasteiger partial charge in [0.15, 0.2) is 5.82 Å². The van der Waals surface area contributed by atoms with E-state index >= 15 is 0 Å². The molecule has 7 nitrogen and oxygen atoms in total. The fourth-order valence-electron chi connectivity index (χ4n) is 1.48. The number of nitrogens with one attached hydrogen (secondary N) is 2. The molecular weight excluding hydrogens is 220 g/mol. The van der Waals surface area contributed by atoms with Gasteiger partial charge >= 0.3 is 0 Å². The van der Waals surface area contributed by atoms with E-state index in [1.807, 2.05) is 13.8 Å². The molecule has 0 fully saturated rings. The molecule has 0 spiro atoms. The zero-order chi connectivity index (χ0) is 12.3. The van der Waals surface area contributed by atoms with Crippen molar-refractivity contribution in [2.45, 2.75) is 20.4 Å². The fraction of sp³-hybridized carbons (Fsp3) is 0.300.